The summed E-state index contributed by atoms with van der Waals surface area (Å²) in [5.74, 6) is 1.79. The van der Waals surface area contributed by atoms with Crippen LogP contribution in [0.4, 0.5) is 11.5 Å². The van der Waals surface area contributed by atoms with Crippen LogP contribution in [0.25, 0.3) is 10.9 Å². The summed E-state index contributed by atoms with van der Waals surface area (Å²) in [4.78, 5) is 19.2. The monoisotopic (exact) mass is 471 g/mol. The van der Waals surface area contributed by atoms with Crippen LogP contribution in [-0.2, 0) is 11.2 Å². The van der Waals surface area contributed by atoms with Gasteiger partial charge in [-0.3, -0.25) is 10.4 Å². The van der Waals surface area contributed by atoms with E-state index < -0.39 is 0 Å². The van der Waals surface area contributed by atoms with Gasteiger partial charge in [0.2, 0.25) is 5.88 Å². The first-order valence-corrected chi connectivity index (χ1v) is 11.8. The zero-order chi connectivity index (χ0) is 24.0. The SMILES string of the molecule is Cc1[nH]c2ccc(N/N=C/c3nc(OCCc4ccccn4)cc(N4CCOCC4)n3)cc2c1C. The van der Waals surface area contributed by atoms with Crippen LogP contribution in [0, 0.1) is 13.8 Å². The van der Waals surface area contributed by atoms with E-state index in [0.717, 1.165) is 35.8 Å². The number of anilines is 2. The first kappa shape index (κ1) is 22.8. The smallest absolute Gasteiger partial charge is 0.219 e. The molecule has 1 fully saturated rings. The van der Waals surface area contributed by atoms with Crippen LogP contribution in [0.2, 0.25) is 0 Å². The third-order valence-electron chi connectivity index (χ3n) is 6.06. The normalized spacial score (nSPS) is 14.1. The summed E-state index contributed by atoms with van der Waals surface area (Å²) < 4.78 is 11.5. The van der Waals surface area contributed by atoms with Gasteiger partial charge in [-0.15, -0.1) is 0 Å². The molecule has 0 unspecified atom stereocenters. The lowest BCUT2D eigenvalue weighted by Gasteiger charge is -2.28. The Labute approximate surface area is 204 Å². The summed E-state index contributed by atoms with van der Waals surface area (Å²) in [6.45, 7) is 7.55. The van der Waals surface area contributed by atoms with Gasteiger partial charge in [0.25, 0.3) is 0 Å². The molecular weight excluding hydrogens is 442 g/mol. The van der Waals surface area contributed by atoms with Crippen molar-refractivity contribution >= 4 is 28.6 Å². The number of aromatic amines is 1. The van der Waals surface area contributed by atoms with E-state index in [1.807, 2.05) is 30.3 Å². The van der Waals surface area contributed by atoms with Crippen molar-refractivity contribution in [1.82, 2.24) is 19.9 Å². The molecule has 4 aromatic rings. The molecule has 2 N–H and O–H groups in total. The number of H-pyrrole nitrogens is 1. The molecule has 0 atom stereocenters. The first-order chi connectivity index (χ1) is 17.2. The average molecular weight is 472 g/mol. The maximum atomic E-state index is 5.98. The number of ether oxygens (including phenoxy) is 2. The van der Waals surface area contributed by atoms with E-state index in [2.05, 4.69) is 56.4 Å². The maximum Gasteiger partial charge on any atom is 0.219 e. The minimum absolute atomic E-state index is 0.473. The van der Waals surface area contributed by atoms with Crippen molar-refractivity contribution in [2.24, 2.45) is 5.10 Å². The number of hydrogen-bond acceptors (Lipinski definition) is 8. The first-order valence-electron chi connectivity index (χ1n) is 11.8. The van der Waals surface area contributed by atoms with Crippen LogP contribution in [0.5, 0.6) is 5.88 Å². The lowest BCUT2D eigenvalue weighted by Crippen LogP contribution is -2.37. The van der Waals surface area contributed by atoms with Gasteiger partial charge in [-0.1, -0.05) is 6.07 Å². The van der Waals surface area contributed by atoms with Crippen LogP contribution in [0.15, 0.2) is 53.8 Å². The highest BCUT2D eigenvalue weighted by Gasteiger charge is 2.15. The van der Waals surface area contributed by atoms with E-state index in [1.54, 1.807) is 12.4 Å². The molecule has 0 spiro atoms. The highest BCUT2D eigenvalue weighted by Crippen LogP contribution is 2.24. The van der Waals surface area contributed by atoms with Crippen LogP contribution < -0.4 is 15.1 Å². The Kier molecular flexibility index (Phi) is 6.85. The van der Waals surface area contributed by atoms with Crippen molar-refractivity contribution in [2.75, 3.05) is 43.2 Å². The lowest BCUT2D eigenvalue weighted by atomic mass is 10.1. The quantitative estimate of drug-likeness (QED) is 0.297. The highest BCUT2D eigenvalue weighted by molar-refractivity contribution is 5.87. The molecule has 1 saturated heterocycles. The van der Waals surface area contributed by atoms with E-state index in [0.29, 0.717) is 37.9 Å². The molecule has 5 rings (SSSR count). The largest absolute Gasteiger partial charge is 0.477 e. The fraction of sp³-hybridized carbons (Fsp3) is 0.308. The molecule has 0 bridgehead atoms. The molecular formula is C26H29N7O2. The lowest BCUT2D eigenvalue weighted by molar-refractivity contribution is 0.122. The number of nitrogens with zero attached hydrogens (tertiary/aromatic N) is 5. The molecule has 1 aliphatic heterocycles. The van der Waals surface area contributed by atoms with Crippen molar-refractivity contribution in [3.05, 3.63) is 71.4 Å². The van der Waals surface area contributed by atoms with Crippen LogP contribution in [-0.4, -0.2) is 59.1 Å². The number of aryl methyl sites for hydroxylation is 2. The van der Waals surface area contributed by atoms with E-state index in [-0.39, 0.29) is 0 Å². The highest BCUT2D eigenvalue weighted by atomic mass is 16.5. The molecule has 1 aliphatic rings. The molecule has 35 heavy (non-hydrogen) atoms. The molecule has 3 aromatic heterocycles. The van der Waals surface area contributed by atoms with Gasteiger partial charge in [-0.2, -0.15) is 10.1 Å². The molecule has 0 aliphatic carbocycles. The number of pyridine rings is 1. The molecule has 9 heteroatoms. The third kappa shape index (κ3) is 5.58. The minimum atomic E-state index is 0.473. The van der Waals surface area contributed by atoms with Gasteiger partial charge in [0, 0.05) is 54.1 Å². The van der Waals surface area contributed by atoms with E-state index >= 15 is 0 Å². The summed E-state index contributed by atoms with van der Waals surface area (Å²) in [6.07, 6.45) is 4.10. The summed E-state index contributed by atoms with van der Waals surface area (Å²) in [5.41, 5.74) is 8.49. The Balaban J connectivity index is 1.32. The van der Waals surface area contributed by atoms with Gasteiger partial charge >= 0.3 is 0 Å². The Morgan fingerprint density at radius 1 is 1.14 bits per heavy atom. The zero-order valence-electron chi connectivity index (χ0n) is 20.0. The summed E-state index contributed by atoms with van der Waals surface area (Å²) >= 11 is 0. The Morgan fingerprint density at radius 3 is 2.86 bits per heavy atom. The van der Waals surface area contributed by atoms with E-state index in [9.17, 15) is 0 Å². The molecule has 0 radical (unpaired) electrons. The number of rotatable bonds is 8. The van der Waals surface area contributed by atoms with Crippen LogP contribution in [0.1, 0.15) is 22.8 Å². The van der Waals surface area contributed by atoms with Gasteiger partial charge in [-0.05, 0) is 49.7 Å². The van der Waals surface area contributed by atoms with Crippen molar-refractivity contribution in [1.29, 1.82) is 0 Å². The molecule has 0 amide bonds. The van der Waals surface area contributed by atoms with Crippen molar-refractivity contribution in [3.63, 3.8) is 0 Å². The topological polar surface area (TPSA) is 101 Å². The standard InChI is InChI=1S/C26H29N7O2/c1-18-19(2)29-23-7-6-21(15-22(18)23)32-28-17-24-30-25(33-10-13-34-14-11-33)16-26(31-24)35-12-8-20-5-3-4-9-27-20/h3-7,9,15-17,29,32H,8,10-14H2,1-2H3/b28-17+. The third-order valence-corrected chi connectivity index (χ3v) is 6.06. The fourth-order valence-electron chi connectivity index (χ4n) is 4.02. The van der Waals surface area contributed by atoms with Crippen LogP contribution in [0.3, 0.4) is 0 Å². The number of nitrogens with one attached hydrogen (secondary N) is 2. The van der Waals surface area contributed by atoms with Gasteiger partial charge in [0.1, 0.15) is 5.82 Å². The minimum Gasteiger partial charge on any atom is -0.477 e. The van der Waals surface area contributed by atoms with Gasteiger partial charge in [0.05, 0.1) is 31.7 Å². The second kappa shape index (κ2) is 10.5. The second-order valence-corrected chi connectivity index (χ2v) is 8.45. The predicted molar refractivity (Wildman–Crippen MR) is 137 cm³/mol. The number of morpholine rings is 1. The van der Waals surface area contributed by atoms with Crippen LogP contribution >= 0.6 is 0 Å². The van der Waals surface area contributed by atoms with Crippen molar-refractivity contribution < 1.29 is 9.47 Å². The van der Waals surface area contributed by atoms with Gasteiger partial charge < -0.3 is 19.4 Å². The zero-order valence-corrected chi connectivity index (χ0v) is 20.0. The Hall–Kier alpha value is -3.98. The Bertz CT molecular complexity index is 1310. The van der Waals surface area contributed by atoms with Gasteiger partial charge in [0.15, 0.2) is 5.82 Å². The molecule has 180 valence electrons. The average Bonchev–Trinajstić information content (AvgIpc) is 3.18. The number of fused-ring (bicyclic) bond motifs is 1. The number of benzene rings is 1. The summed E-state index contributed by atoms with van der Waals surface area (Å²) in [6, 6.07) is 13.9. The fourth-order valence-corrected chi connectivity index (χ4v) is 4.02. The number of hydrazone groups is 1. The van der Waals surface area contributed by atoms with Crippen molar-refractivity contribution in [3.8, 4) is 5.88 Å². The number of hydrogen-bond donors (Lipinski definition) is 2. The second-order valence-electron chi connectivity index (χ2n) is 8.45. The molecule has 4 heterocycles. The van der Waals surface area contributed by atoms with Gasteiger partial charge in [-0.25, -0.2) is 4.98 Å². The summed E-state index contributed by atoms with van der Waals surface area (Å²) in [7, 11) is 0. The molecule has 1 aromatic carbocycles. The van der Waals surface area contributed by atoms with E-state index in [4.69, 9.17) is 14.5 Å². The maximum absolute atomic E-state index is 5.98. The molecule has 0 saturated carbocycles. The van der Waals surface area contributed by atoms with Crippen molar-refractivity contribution in [2.45, 2.75) is 20.3 Å². The Morgan fingerprint density at radius 2 is 2.03 bits per heavy atom. The number of aromatic nitrogens is 4. The molecule has 9 nitrogen and oxygen atoms in total. The summed E-state index contributed by atoms with van der Waals surface area (Å²) in [5, 5.41) is 5.57. The van der Waals surface area contributed by atoms with E-state index in [1.165, 1.54) is 16.6 Å². The predicted octanol–water partition coefficient (Wildman–Crippen LogP) is 3.87.